The molecule has 1 fully saturated rings. The van der Waals surface area contributed by atoms with Gasteiger partial charge in [-0.15, -0.1) is 0 Å². The highest BCUT2D eigenvalue weighted by atomic mass is 31.2. The maximum Gasteiger partial charge on any atom is 0.472 e. The van der Waals surface area contributed by atoms with Crippen molar-refractivity contribution in [3.8, 4) is 0 Å². The van der Waals surface area contributed by atoms with Crippen molar-refractivity contribution < 1.29 is 58.3 Å². The van der Waals surface area contributed by atoms with Crippen LogP contribution in [0, 0.1) is 0 Å². The zero-order valence-electron chi connectivity index (χ0n) is 37.8. The predicted octanol–water partition coefficient (Wildman–Crippen LogP) is 10.1. The molecule has 1 aliphatic rings. The van der Waals surface area contributed by atoms with Crippen molar-refractivity contribution in [1.29, 1.82) is 0 Å². The topological polar surface area (TPSA) is 192 Å². The normalized spacial score (nSPS) is 22.5. The van der Waals surface area contributed by atoms with Gasteiger partial charge in [0.2, 0.25) is 0 Å². The summed E-state index contributed by atoms with van der Waals surface area (Å²) in [6.45, 7) is 4.26. The number of allylic oxidation sites excluding steroid dienone is 4. The Morgan fingerprint density at radius 1 is 0.533 bits per heavy atom. The largest absolute Gasteiger partial charge is 0.472 e. The molecule has 0 saturated heterocycles. The Morgan fingerprint density at radius 2 is 0.933 bits per heavy atom. The fourth-order valence-corrected chi connectivity index (χ4v) is 8.42. The van der Waals surface area contributed by atoms with Gasteiger partial charge in [-0.05, 0) is 44.9 Å². The van der Waals surface area contributed by atoms with Crippen LogP contribution in [0.25, 0.3) is 0 Å². The van der Waals surface area contributed by atoms with Gasteiger partial charge in [0.25, 0.3) is 0 Å². The summed E-state index contributed by atoms with van der Waals surface area (Å²) in [5, 5.41) is 50.2. The van der Waals surface area contributed by atoms with E-state index in [1.54, 1.807) is 0 Å². The number of phosphoric ester groups is 1. The maximum absolute atomic E-state index is 12.8. The fraction of sp³-hybridized carbons (Fsp3) is 0.894. The Hall–Kier alpha value is -1.18. The lowest BCUT2D eigenvalue weighted by Crippen LogP contribution is -2.64. The summed E-state index contributed by atoms with van der Waals surface area (Å²) in [6.07, 6.45) is 31.0. The number of aliphatic hydroxyl groups excluding tert-OH is 5. The lowest BCUT2D eigenvalue weighted by molar-refractivity contribution is -0.220. The average Bonchev–Trinajstić information content (AvgIpc) is 3.23. The number of hydrogen-bond acceptors (Lipinski definition) is 11. The molecule has 60 heavy (non-hydrogen) atoms. The van der Waals surface area contributed by atoms with Crippen LogP contribution in [0.1, 0.15) is 206 Å². The minimum absolute atomic E-state index is 0.0744. The molecule has 6 unspecified atom stereocenters. The first kappa shape index (κ1) is 56.8. The van der Waals surface area contributed by atoms with Crippen LogP contribution in [0.2, 0.25) is 0 Å². The van der Waals surface area contributed by atoms with Crippen molar-refractivity contribution in [3.05, 3.63) is 24.3 Å². The average molecular weight is 877 g/mol. The van der Waals surface area contributed by atoms with Crippen molar-refractivity contribution in [1.82, 2.24) is 0 Å². The Labute approximate surface area is 364 Å². The Morgan fingerprint density at radius 3 is 1.40 bits per heavy atom. The minimum Gasteiger partial charge on any atom is -0.457 e. The zero-order chi connectivity index (χ0) is 44.1. The first-order valence-corrected chi connectivity index (χ1v) is 25.7. The molecule has 1 saturated carbocycles. The number of ether oxygens (including phenoxy) is 2. The van der Waals surface area contributed by atoms with Gasteiger partial charge in [0.05, 0.1) is 13.2 Å². The van der Waals surface area contributed by atoms with Crippen LogP contribution >= 0.6 is 7.82 Å². The Bertz CT molecular complexity index is 1090. The summed E-state index contributed by atoms with van der Waals surface area (Å²) in [4.78, 5) is 23.2. The summed E-state index contributed by atoms with van der Waals surface area (Å²) in [6, 6.07) is 0. The number of unbranched alkanes of at least 4 members (excludes halogenated alkanes) is 25. The minimum atomic E-state index is -5.01. The molecule has 6 atom stereocenters. The first-order valence-electron chi connectivity index (χ1n) is 24.2. The van der Waals surface area contributed by atoms with Gasteiger partial charge in [0.1, 0.15) is 42.7 Å². The van der Waals surface area contributed by atoms with E-state index in [0.29, 0.717) is 13.0 Å². The Kier molecular flexibility index (Phi) is 36.3. The van der Waals surface area contributed by atoms with E-state index >= 15 is 0 Å². The number of carbonyl (C=O) groups excluding carboxylic acids is 1. The molecule has 1 aliphatic carbocycles. The molecule has 0 aromatic heterocycles. The summed E-state index contributed by atoms with van der Waals surface area (Å²) in [5.74, 6) is -0.479. The van der Waals surface area contributed by atoms with Gasteiger partial charge in [0, 0.05) is 13.0 Å². The van der Waals surface area contributed by atoms with Crippen LogP contribution in [-0.4, -0.2) is 98.9 Å². The van der Waals surface area contributed by atoms with E-state index < -0.39 is 63.1 Å². The second-order valence-corrected chi connectivity index (χ2v) is 18.4. The molecule has 0 radical (unpaired) electrons. The molecule has 13 heteroatoms. The third-order valence-electron chi connectivity index (χ3n) is 11.3. The van der Waals surface area contributed by atoms with Crippen LogP contribution in [0.15, 0.2) is 24.3 Å². The maximum atomic E-state index is 12.8. The number of carbonyl (C=O) groups is 1. The second kappa shape index (κ2) is 38.3. The molecular formula is C47H89O12P. The van der Waals surface area contributed by atoms with Crippen molar-refractivity contribution in [2.75, 3.05) is 19.8 Å². The SMILES string of the molecule is CCCCCCC/C=C\C/C=C\CCCCCCCCCCCC(=O)OC(COCCCCCCCCCCCCCC)COP(=O)(O)OC1C(O)C(O)C(O)C(O)C1O. The lowest BCUT2D eigenvalue weighted by Gasteiger charge is -2.41. The molecule has 1 rings (SSSR count). The summed E-state index contributed by atoms with van der Waals surface area (Å²) in [7, 11) is -5.01. The van der Waals surface area contributed by atoms with Crippen molar-refractivity contribution in [2.45, 2.75) is 249 Å². The van der Waals surface area contributed by atoms with Gasteiger partial charge in [0.15, 0.2) is 0 Å². The Balaban J connectivity index is 2.34. The van der Waals surface area contributed by atoms with E-state index in [-0.39, 0.29) is 13.0 Å². The number of esters is 1. The van der Waals surface area contributed by atoms with E-state index in [1.807, 2.05) is 0 Å². The summed E-state index contributed by atoms with van der Waals surface area (Å²) in [5.41, 5.74) is 0. The van der Waals surface area contributed by atoms with Crippen molar-refractivity contribution >= 4 is 13.8 Å². The fourth-order valence-electron chi connectivity index (χ4n) is 7.45. The van der Waals surface area contributed by atoms with E-state index in [2.05, 4.69) is 38.2 Å². The van der Waals surface area contributed by atoms with Gasteiger partial charge >= 0.3 is 13.8 Å². The van der Waals surface area contributed by atoms with Gasteiger partial charge in [-0.2, -0.15) is 0 Å². The van der Waals surface area contributed by atoms with Gasteiger partial charge in [-0.1, -0.05) is 179 Å². The third kappa shape index (κ3) is 30.0. The van der Waals surface area contributed by atoms with E-state index in [4.69, 9.17) is 18.5 Å². The molecule has 12 nitrogen and oxygen atoms in total. The highest BCUT2D eigenvalue weighted by molar-refractivity contribution is 7.47. The molecule has 0 aromatic carbocycles. The van der Waals surface area contributed by atoms with E-state index in [1.165, 1.54) is 128 Å². The molecular weight excluding hydrogens is 787 g/mol. The third-order valence-corrected chi connectivity index (χ3v) is 12.3. The predicted molar refractivity (Wildman–Crippen MR) is 240 cm³/mol. The summed E-state index contributed by atoms with van der Waals surface area (Å²) >= 11 is 0. The van der Waals surface area contributed by atoms with Crippen LogP contribution in [-0.2, 0) is 27.9 Å². The molecule has 0 aliphatic heterocycles. The van der Waals surface area contributed by atoms with Crippen molar-refractivity contribution in [2.24, 2.45) is 0 Å². The molecule has 0 amide bonds. The second-order valence-electron chi connectivity index (χ2n) is 17.0. The molecule has 0 bridgehead atoms. The van der Waals surface area contributed by atoms with Crippen LogP contribution in [0.5, 0.6) is 0 Å². The molecule has 0 heterocycles. The number of phosphoric acid groups is 1. The quantitative estimate of drug-likeness (QED) is 0.0148. The number of hydrogen-bond donors (Lipinski definition) is 6. The molecule has 0 aromatic rings. The molecule has 354 valence electrons. The van der Waals surface area contributed by atoms with Gasteiger partial charge in [-0.25, -0.2) is 4.57 Å². The lowest BCUT2D eigenvalue weighted by atomic mass is 9.85. The van der Waals surface area contributed by atoms with Crippen LogP contribution in [0.4, 0.5) is 0 Å². The monoisotopic (exact) mass is 877 g/mol. The molecule has 0 spiro atoms. The van der Waals surface area contributed by atoms with E-state index in [9.17, 15) is 39.8 Å². The summed E-state index contributed by atoms with van der Waals surface area (Å²) < 4.78 is 34.2. The molecule has 6 N–H and O–H groups in total. The highest BCUT2D eigenvalue weighted by Crippen LogP contribution is 2.47. The van der Waals surface area contributed by atoms with Crippen LogP contribution < -0.4 is 0 Å². The first-order chi connectivity index (χ1) is 29.0. The smallest absolute Gasteiger partial charge is 0.457 e. The zero-order valence-corrected chi connectivity index (χ0v) is 38.7. The standard InChI is InChI=1S/C47H89O12P/c1-3-5-7-9-11-13-15-17-18-19-20-21-22-23-24-25-26-28-30-32-34-36-41(48)58-40(38-56-37-35-33-31-29-27-16-14-12-10-8-6-4-2)39-57-60(54,55)59-47-45(52)43(50)42(49)44(51)46(47)53/h15,17,19-20,40,42-47,49-53H,3-14,16,18,21-39H2,1-2H3,(H,54,55)/b17-15-,20-19-. The van der Waals surface area contributed by atoms with Crippen LogP contribution in [0.3, 0.4) is 0 Å². The highest BCUT2D eigenvalue weighted by Gasteiger charge is 2.51. The van der Waals surface area contributed by atoms with Crippen molar-refractivity contribution in [3.63, 3.8) is 0 Å². The number of rotatable bonds is 41. The number of aliphatic hydroxyl groups is 5. The van der Waals surface area contributed by atoms with Gasteiger partial charge < -0.3 is 39.9 Å². The van der Waals surface area contributed by atoms with E-state index in [0.717, 1.165) is 51.4 Å². The van der Waals surface area contributed by atoms with Gasteiger partial charge in [-0.3, -0.25) is 13.8 Å².